The van der Waals surface area contributed by atoms with Crippen molar-refractivity contribution >= 4 is 34.9 Å². The Morgan fingerprint density at radius 1 is 1.13 bits per heavy atom. The number of nitrogens with two attached hydrogens (primary N) is 1. The third-order valence-electron chi connectivity index (χ3n) is 4.57. The smallest absolute Gasteiger partial charge is 0.255 e. The largest absolute Gasteiger partial charge is 0.492 e. The molecule has 0 fully saturated rings. The normalized spacial score (nSPS) is 11.8. The van der Waals surface area contributed by atoms with Gasteiger partial charge in [-0.15, -0.1) is 0 Å². The quantitative estimate of drug-likeness (QED) is 0.437. The van der Waals surface area contributed by atoms with Gasteiger partial charge in [0.2, 0.25) is 0 Å². The number of benzene rings is 2. The summed E-state index contributed by atoms with van der Waals surface area (Å²) in [5.41, 5.74) is 11.2. The van der Waals surface area contributed by atoms with Gasteiger partial charge in [0.05, 0.1) is 18.5 Å². The van der Waals surface area contributed by atoms with Crippen molar-refractivity contribution in [1.29, 1.82) is 0 Å². The maximum absolute atomic E-state index is 13.1. The van der Waals surface area contributed by atoms with Crippen LogP contribution < -0.4 is 25.8 Å². The van der Waals surface area contributed by atoms with Gasteiger partial charge in [-0.3, -0.25) is 4.79 Å². The summed E-state index contributed by atoms with van der Waals surface area (Å²) in [5, 5.41) is 6.16. The van der Waals surface area contributed by atoms with Crippen molar-refractivity contribution < 1.29 is 9.53 Å². The van der Waals surface area contributed by atoms with E-state index in [2.05, 4.69) is 42.2 Å². The average molecular weight is 429 g/mol. The number of amides is 1. The zero-order valence-corrected chi connectivity index (χ0v) is 19.6. The van der Waals surface area contributed by atoms with Crippen LogP contribution in [0.4, 0.5) is 17.1 Å². The van der Waals surface area contributed by atoms with Gasteiger partial charge in [0.1, 0.15) is 0 Å². The second-order valence-electron chi connectivity index (χ2n) is 8.18. The molecule has 5 N–H and O–H groups in total. The van der Waals surface area contributed by atoms with Gasteiger partial charge in [0, 0.05) is 29.4 Å². The van der Waals surface area contributed by atoms with Crippen LogP contribution in [0, 0.1) is 6.92 Å². The summed E-state index contributed by atoms with van der Waals surface area (Å²) in [6.45, 7) is 10.2. The number of rotatable bonds is 7. The molecule has 2 aromatic carbocycles. The minimum atomic E-state index is -0.217. The van der Waals surface area contributed by atoms with Gasteiger partial charge in [-0.2, -0.15) is 0 Å². The second kappa shape index (κ2) is 9.80. The number of nitrogens with one attached hydrogen (secondary N) is 3. The lowest BCUT2D eigenvalue weighted by atomic mass is 9.86. The third-order valence-corrected chi connectivity index (χ3v) is 5.00. The first kappa shape index (κ1) is 23.5. The first-order valence-electron chi connectivity index (χ1n) is 9.69. The van der Waals surface area contributed by atoms with Gasteiger partial charge < -0.3 is 25.8 Å². The van der Waals surface area contributed by atoms with Crippen LogP contribution in [0.5, 0.6) is 5.75 Å². The summed E-state index contributed by atoms with van der Waals surface area (Å²) in [7, 11) is 1.60. The van der Waals surface area contributed by atoms with Gasteiger partial charge >= 0.3 is 0 Å². The second-order valence-corrected chi connectivity index (χ2v) is 8.79. The average Bonchev–Trinajstić information content (AvgIpc) is 2.66. The molecule has 0 aromatic heterocycles. The minimum absolute atomic E-state index is 0.0893. The molecule has 2 aromatic rings. The van der Waals surface area contributed by atoms with Crippen LogP contribution in [0.2, 0.25) is 0 Å². The summed E-state index contributed by atoms with van der Waals surface area (Å²) < 4.78 is 8.87. The van der Waals surface area contributed by atoms with Crippen molar-refractivity contribution in [1.82, 2.24) is 0 Å². The van der Waals surface area contributed by atoms with Crippen LogP contribution in [0.25, 0.3) is 0 Å². The number of anilines is 3. The van der Waals surface area contributed by atoms with E-state index in [1.54, 1.807) is 26.3 Å². The lowest BCUT2D eigenvalue weighted by Crippen LogP contribution is -2.16. The summed E-state index contributed by atoms with van der Waals surface area (Å²) in [5.74, 6) is 0.379. The highest BCUT2D eigenvalue weighted by Crippen LogP contribution is 2.39. The van der Waals surface area contributed by atoms with E-state index in [0.29, 0.717) is 22.7 Å². The number of carbonyl (C=O) groups is 1. The fourth-order valence-corrected chi connectivity index (χ4v) is 3.24. The van der Waals surface area contributed by atoms with Gasteiger partial charge in [0.25, 0.3) is 5.91 Å². The fourth-order valence-electron chi connectivity index (χ4n) is 2.87. The molecule has 0 bridgehead atoms. The van der Waals surface area contributed by atoms with E-state index in [9.17, 15) is 4.79 Å². The van der Waals surface area contributed by atoms with Crippen molar-refractivity contribution in [3.63, 3.8) is 0 Å². The summed E-state index contributed by atoms with van der Waals surface area (Å²) in [6.07, 6.45) is 3.65. The molecule has 162 valence electrons. The van der Waals surface area contributed by atoms with E-state index in [1.165, 1.54) is 11.9 Å². The Bertz CT molecular complexity index is 945. The molecule has 0 radical (unpaired) electrons. The number of hydrogen-bond acceptors (Lipinski definition) is 6. The van der Waals surface area contributed by atoms with Crippen LogP contribution in [0.15, 0.2) is 42.2 Å². The SMILES string of the molecule is COc1c(NSC)cc(C(C)(C)C)cc1NC(=O)c1ccc(C)c(N/C=C(/C)N)c1. The Balaban J connectivity index is 2.43. The molecule has 0 atom stereocenters. The van der Waals surface area contributed by atoms with Crippen molar-refractivity contribution in [3.8, 4) is 5.75 Å². The molecule has 7 heteroatoms. The van der Waals surface area contributed by atoms with Crippen molar-refractivity contribution in [2.24, 2.45) is 5.73 Å². The molecule has 0 aliphatic carbocycles. The predicted molar refractivity (Wildman–Crippen MR) is 130 cm³/mol. The zero-order chi connectivity index (χ0) is 22.5. The third kappa shape index (κ3) is 5.86. The van der Waals surface area contributed by atoms with Crippen LogP contribution in [-0.2, 0) is 5.41 Å². The molecule has 0 spiro atoms. The van der Waals surface area contributed by atoms with Crippen molar-refractivity contribution in [2.45, 2.75) is 40.0 Å². The van der Waals surface area contributed by atoms with E-state index in [4.69, 9.17) is 10.5 Å². The lowest BCUT2D eigenvalue weighted by Gasteiger charge is -2.24. The number of aryl methyl sites for hydroxylation is 1. The number of ether oxygens (including phenoxy) is 1. The zero-order valence-electron chi connectivity index (χ0n) is 18.8. The van der Waals surface area contributed by atoms with E-state index >= 15 is 0 Å². The molecular formula is C23H32N4O2S. The number of hydrogen-bond donors (Lipinski definition) is 4. The molecule has 0 saturated carbocycles. The van der Waals surface area contributed by atoms with Gasteiger partial charge in [-0.05, 0) is 54.7 Å². The van der Waals surface area contributed by atoms with Crippen molar-refractivity contribution in [2.75, 3.05) is 28.7 Å². The summed E-state index contributed by atoms with van der Waals surface area (Å²) >= 11 is 1.47. The molecule has 0 saturated heterocycles. The molecule has 1 amide bonds. The van der Waals surface area contributed by atoms with E-state index in [-0.39, 0.29) is 11.3 Å². The first-order valence-corrected chi connectivity index (χ1v) is 10.9. The standard InChI is InChI=1S/C23H32N4O2S/c1-14-8-9-16(10-18(14)25-13-15(2)24)22(28)26-19-11-17(23(3,4)5)12-20(27-30-7)21(19)29-6/h8-13,25,27H,24H2,1-7H3,(H,26,28)/b15-13-. The van der Waals surface area contributed by atoms with Crippen LogP contribution in [0.3, 0.4) is 0 Å². The maximum Gasteiger partial charge on any atom is 0.255 e. The molecule has 0 unspecified atom stereocenters. The van der Waals surface area contributed by atoms with Gasteiger partial charge in [-0.1, -0.05) is 38.8 Å². The first-order chi connectivity index (χ1) is 14.1. The fraction of sp³-hybridized carbons (Fsp3) is 0.348. The highest BCUT2D eigenvalue weighted by atomic mass is 32.2. The van der Waals surface area contributed by atoms with Crippen molar-refractivity contribution in [3.05, 3.63) is 58.9 Å². The highest BCUT2D eigenvalue weighted by molar-refractivity contribution is 7.99. The number of carbonyl (C=O) groups excluding carboxylic acids is 1. The topological polar surface area (TPSA) is 88.4 Å². The van der Waals surface area contributed by atoms with Gasteiger partial charge in [-0.25, -0.2) is 0 Å². The van der Waals surface area contributed by atoms with Gasteiger partial charge in [0.15, 0.2) is 5.75 Å². The van der Waals surface area contributed by atoms with Crippen LogP contribution in [-0.4, -0.2) is 19.3 Å². The molecule has 0 aliphatic heterocycles. The molecule has 0 heterocycles. The molecule has 30 heavy (non-hydrogen) atoms. The summed E-state index contributed by atoms with van der Waals surface area (Å²) in [6, 6.07) is 9.54. The minimum Gasteiger partial charge on any atom is -0.492 e. The predicted octanol–water partition coefficient (Wildman–Crippen LogP) is 5.48. The Hall–Kier alpha value is -2.80. The molecule has 0 aliphatic rings. The summed E-state index contributed by atoms with van der Waals surface area (Å²) in [4.78, 5) is 13.1. The number of methoxy groups -OCH3 is 1. The molecular weight excluding hydrogens is 396 g/mol. The molecule has 2 rings (SSSR count). The van der Waals surface area contributed by atoms with E-state index in [0.717, 1.165) is 22.5 Å². The Labute approximate surface area is 183 Å². The Morgan fingerprint density at radius 3 is 2.37 bits per heavy atom. The monoisotopic (exact) mass is 428 g/mol. The van der Waals surface area contributed by atoms with E-state index < -0.39 is 0 Å². The molecule has 6 nitrogen and oxygen atoms in total. The van der Waals surface area contributed by atoms with Crippen LogP contribution in [0.1, 0.15) is 49.2 Å². The van der Waals surface area contributed by atoms with Crippen LogP contribution >= 0.6 is 11.9 Å². The van der Waals surface area contributed by atoms with E-state index in [1.807, 2.05) is 31.4 Å². The highest BCUT2D eigenvalue weighted by Gasteiger charge is 2.21. The Morgan fingerprint density at radius 2 is 1.80 bits per heavy atom. The Kier molecular flexibility index (Phi) is 7.67. The number of allylic oxidation sites excluding steroid dienone is 1. The maximum atomic E-state index is 13.1. The lowest BCUT2D eigenvalue weighted by molar-refractivity contribution is 0.102.